The number of hydrogen-bond acceptors (Lipinski definition) is 4. The normalized spacial score (nSPS) is 17.8. The number of halogens is 2. The number of benzene rings is 1. The van der Waals surface area contributed by atoms with E-state index in [2.05, 4.69) is 4.98 Å². The Morgan fingerprint density at radius 2 is 2.00 bits per heavy atom. The molecule has 2 amide bonds. The molecule has 0 saturated carbocycles. The Hall–Kier alpha value is -2.51. The average molecular weight is 378 g/mol. The molecule has 1 aromatic carbocycles. The summed E-state index contributed by atoms with van der Waals surface area (Å²) in [7, 11) is 0. The van der Waals surface area contributed by atoms with Gasteiger partial charge in [0.25, 0.3) is 5.91 Å². The van der Waals surface area contributed by atoms with Crippen molar-refractivity contribution in [1.29, 1.82) is 0 Å². The highest BCUT2D eigenvalue weighted by molar-refractivity contribution is 6.30. The fourth-order valence-corrected chi connectivity index (χ4v) is 2.99. The van der Waals surface area contributed by atoms with Gasteiger partial charge in [0.2, 0.25) is 5.91 Å². The van der Waals surface area contributed by atoms with Crippen molar-refractivity contribution < 1.29 is 19.1 Å². The number of amides is 2. The van der Waals surface area contributed by atoms with E-state index < -0.39 is 30.3 Å². The maximum Gasteiger partial charge on any atom is 0.253 e. The van der Waals surface area contributed by atoms with Crippen molar-refractivity contribution in [3.63, 3.8) is 0 Å². The van der Waals surface area contributed by atoms with E-state index in [0.717, 1.165) is 22.1 Å². The van der Waals surface area contributed by atoms with E-state index in [1.807, 2.05) is 31.2 Å². The quantitative estimate of drug-likeness (QED) is 0.883. The summed E-state index contributed by atoms with van der Waals surface area (Å²) in [5.74, 6) is -2.07. The molecule has 1 N–H and O–H groups in total. The van der Waals surface area contributed by atoms with Gasteiger partial charge in [0.1, 0.15) is 12.6 Å². The molecule has 8 heteroatoms. The third-order valence-electron chi connectivity index (χ3n) is 4.23. The number of nitrogens with zero attached hydrogens (tertiary/aromatic N) is 3. The van der Waals surface area contributed by atoms with Gasteiger partial charge in [-0.25, -0.2) is 9.37 Å². The number of rotatable bonds is 4. The molecule has 1 unspecified atom stereocenters. The Bertz CT molecular complexity index is 844. The lowest BCUT2D eigenvalue weighted by atomic mass is 10.1. The predicted octanol–water partition coefficient (Wildman–Crippen LogP) is 1.92. The van der Waals surface area contributed by atoms with E-state index in [4.69, 9.17) is 11.6 Å². The first-order chi connectivity index (χ1) is 12.4. The molecule has 1 aliphatic rings. The Morgan fingerprint density at radius 3 is 2.62 bits per heavy atom. The number of piperazine rings is 1. The Labute approximate surface area is 154 Å². The molecule has 1 saturated heterocycles. The number of pyridine rings is 1. The second kappa shape index (κ2) is 7.39. The van der Waals surface area contributed by atoms with Crippen molar-refractivity contribution >= 4 is 29.2 Å². The lowest BCUT2D eigenvalue weighted by Crippen LogP contribution is -2.61. The van der Waals surface area contributed by atoms with E-state index in [1.165, 1.54) is 11.1 Å². The SMILES string of the molecule is Cc1ccc(CN2C(=O)CN(c3ncc(Cl)cc3F)C(=O)C2CO)cc1. The molecule has 1 aromatic heterocycles. The highest BCUT2D eigenvalue weighted by Crippen LogP contribution is 2.25. The van der Waals surface area contributed by atoms with E-state index >= 15 is 0 Å². The molecule has 1 fully saturated rings. The van der Waals surface area contributed by atoms with Gasteiger partial charge in [-0.2, -0.15) is 0 Å². The topological polar surface area (TPSA) is 73.7 Å². The van der Waals surface area contributed by atoms with E-state index in [9.17, 15) is 19.1 Å². The second-order valence-corrected chi connectivity index (χ2v) is 6.53. The lowest BCUT2D eigenvalue weighted by molar-refractivity contribution is -0.145. The van der Waals surface area contributed by atoms with Crippen LogP contribution in [-0.2, 0) is 16.1 Å². The van der Waals surface area contributed by atoms with Gasteiger partial charge in [0, 0.05) is 12.7 Å². The first-order valence-electron chi connectivity index (χ1n) is 7.99. The zero-order chi connectivity index (χ0) is 18.8. The predicted molar refractivity (Wildman–Crippen MR) is 94.2 cm³/mol. The van der Waals surface area contributed by atoms with Crippen LogP contribution in [0.3, 0.4) is 0 Å². The lowest BCUT2D eigenvalue weighted by Gasteiger charge is -2.39. The van der Waals surface area contributed by atoms with Crippen molar-refractivity contribution in [2.24, 2.45) is 0 Å². The van der Waals surface area contributed by atoms with Gasteiger partial charge in [-0.05, 0) is 18.6 Å². The minimum atomic E-state index is -1.10. The van der Waals surface area contributed by atoms with Crippen LogP contribution in [0, 0.1) is 12.7 Å². The van der Waals surface area contributed by atoms with Gasteiger partial charge in [-0.1, -0.05) is 41.4 Å². The van der Waals surface area contributed by atoms with Crippen molar-refractivity contribution in [2.75, 3.05) is 18.1 Å². The number of hydrogen-bond donors (Lipinski definition) is 1. The van der Waals surface area contributed by atoms with Crippen LogP contribution in [0.25, 0.3) is 0 Å². The minimum Gasteiger partial charge on any atom is -0.394 e. The van der Waals surface area contributed by atoms with Crippen LogP contribution < -0.4 is 4.90 Å². The summed E-state index contributed by atoms with van der Waals surface area (Å²) >= 11 is 5.68. The molecule has 136 valence electrons. The molecule has 0 aliphatic carbocycles. The van der Waals surface area contributed by atoms with Gasteiger partial charge in [0.15, 0.2) is 11.6 Å². The third-order valence-corrected chi connectivity index (χ3v) is 4.44. The van der Waals surface area contributed by atoms with Crippen LogP contribution in [0.15, 0.2) is 36.5 Å². The summed E-state index contributed by atoms with van der Waals surface area (Å²) in [6.07, 6.45) is 1.20. The summed E-state index contributed by atoms with van der Waals surface area (Å²) in [5.41, 5.74) is 1.91. The molecule has 3 rings (SSSR count). The number of carbonyl (C=O) groups is 2. The zero-order valence-electron chi connectivity index (χ0n) is 14.0. The number of aliphatic hydroxyl groups excluding tert-OH is 1. The van der Waals surface area contributed by atoms with Crippen LogP contribution in [0.2, 0.25) is 5.02 Å². The standard InChI is InChI=1S/C18H17ClFN3O3/c1-11-2-4-12(5-3-11)8-22-15(10-24)18(26)23(9-16(22)25)17-14(20)6-13(19)7-21-17/h2-7,15,24H,8-10H2,1H3. The first-order valence-corrected chi connectivity index (χ1v) is 8.37. The molecule has 2 heterocycles. The number of carbonyl (C=O) groups excluding carboxylic acids is 2. The first kappa shape index (κ1) is 18.3. The molecule has 6 nitrogen and oxygen atoms in total. The third kappa shape index (κ3) is 3.54. The van der Waals surface area contributed by atoms with E-state index in [1.54, 1.807) is 0 Å². The molecule has 1 atom stereocenters. The van der Waals surface area contributed by atoms with Crippen LogP contribution in [0.1, 0.15) is 11.1 Å². The van der Waals surface area contributed by atoms with E-state index in [0.29, 0.717) is 0 Å². The summed E-state index contributed by atoms with van der Waals surface area (Å²) in [6.45, 7) is 1.21. The fourth-order valence-electron chi connectivity index (χ4n) is 2.84. The van der Waals surface area contributed by atoms with Gasteiger partial charge in [-0.15, -0.1) is 0 Å². The number of anilines is 1. The van der Waals surface area contributed by atoms with Crippen molar-refractivity contribution in [1.82, 2.24) is 9.88 Å². The average Bonchev–Trinajstić information content (AvgIpc) is 2.60. The van der Waals surface area contributed by atoms with Crippen molar-refractivity contribution in [3.05, 3.63) is 58.5 Å². The van der Waals surface area contributed by atoms with Gasteiger partial charge >= 0.3 is 0 Å². The maximum atomic E-state index is 14.1. The van der Waals surface area contributed by atoms with Crippen molar-refractivity contribution in [3.8, 4) is 0 Å². The molecule has 2 aromatic rings. The number of aryl methyl sites for hydroxylation is 1. The Morgan fingerprint density at radius 1 is 1.31 bits per heavy atom. The monoisotopic (exact) mass is 377 g/mol. The van der Waals surface area contributed by atoms with Crippen LogP contribution in [0.5, 0.6) is 0 Å². The summed E-state index contributed by atoms with van der Waals surface area (Å²) in [4.78, 5) is 31.4. The highest BCUT2D eigenvalue weighted by Gasteiger charge is 2.40. The smallest absolute Gasteiger partial charge is 0.253 e. The Balaban J connectivity index is 1.87. The number of aromatic nitrogens is 1. The van der Waals surface area contributed by atoms with Crippen LogP contribution in [0.4, 0.5) is 10.2 Å². The van der Waals surface area contributed by atoms with Gasteiger partial charge in [-0.3, -0.25) is 14.5 Å². The highest BCUT2D eigenvalue weighted by atomic mass is 35.5. The zero-order valence-corrected chi connectivity index (χ0v) is 14.8. The minimum absolute atomic E-state index is 0.0849. The molecule has 0 bridgehead atoms. The Kier molecular flexibility index (Phi) is 5.20. The van der Waals surface area contributed by atoms with Crippen LogP contribution >= 0.6 is 11.6 Å². The largest absolute Gasteiger partial charge is 0.394 e. The van der Waals surface area contributed by atoms with Crippen LogP contribution in [-0.4, -0.2) is 46.0 Å². The van der Waals surface area contributed by atoms with Crippen molar-refractivity contribution in [2.45, 2.75) is 19.5 Å². The summed E-state index contributed by atoms with van der Waals surface area (Å²) in [5, 5.41) is 9.76. The molecule has 1 aliphatic heterocycles. The molecular weight excluding hydrogens is 361 g/mol. The fraction of sp³-hybridized carbons (Fsp3) is 0.278. The molecular formula is C18H17ClFN3O3. The van der Waals surface area contributed by atoms with E-state index in [-0.39, 0.29) is 23.9 Å². The maximum absolute atomic E-state index is 14.1. The van der Waals surface area contributed by atoms with Gasteiger partial charge in [0.05, 0.1) is 11.6 Å². The molecule has 26 heavy (non-hydrogen) atoms. The molecule has 0 spiro atoms. The summed E-state index contributed by atoms with van der Waals surface area (Å²) < 4.78 is 14.1. The van der Waals surface area contributed by atoms with Gasteiger partial charge < -0.3 is 10.0 Å². The number of aliphatic hydroxyl groups is 1. The second-order valence-electron chi connectivity index (χ2n) is 6.09. The summed E-state index contributed by atoms with van der Waals surface area (Å²) in [6, 6.07) is 7.43. The molecule has 0 radical (unpaired) electrons.